The standard InChI is InChI=1S/C14H17N3O/c1-10(2)7-12-13(18-3)9-16-14(17-12)11-5-4-6-15-8-11/h4-6,8-10H,7H2,1-3H3. The Kier molecular flexibility index (Phi) is 3.87. The average molecular weight is 243 g/mol. The van der Waals surface area contributed by atoms with Gasteiger partial charge in [0.15, 0.2) is 11.6 Å². The van der Waals surface area contributed by atoms with Gasteiger partial charge in [-0.05, 0) is 24.5 Å². The smallest absolute Gasteiger partial charge is 0.161 e. The fraction of sp³-hybridized carbons (Fsp3) is 0.357. The van der Waals surface area contributed by atoms with Crippen LogP contribution in [0.15, 0.2) is 30.7 Å². The summed E-state index contributed by atoms with van der Waals surface area (Å²) in [5, 5.41) is 0. The molecule has 18 heavy (non-hydrogen) atoms. The molecule has 94 valence electrons. The van der Waals surface area contributed by atoms with E-state index in [4.69, 9.17) is 4.74 Å². The predicted molar refractivity (Wildman–Crippen MR) is 70.4 cm³/mol. The molecule has 4 heteroatoms. The van der Waals surface area contributed by atoms with Crippen LogP contribution in [0.25, 0.3) is 11.4 Å². The number of methoxy groups -OCH3 is 1. The first-order valence-corrected chi connectivity index (χ1v) is 6.01. The van der Waals surface area contributed by atoms with Crippen LogP contribution in [-0.4, -0.2) is 22.1 Å². The van der Waals surface area contributed by atoms with Crippen LogP contribution in [0.3, 0.4) is 0 Å². The molecule has 0 saturated heterocycles. The maximum atomic E-state index is 5.30. The Morgan fingerprint density at radius 1 is 1.28 bits per heavy atom. The minimum atomic E-state index is 0.524. The molecular formula is C14H17N3O. The van der Waals surface area contributed by atoms with E-state index in [0.29, 0.717) is 11.7 Å². The normalized spacial score (nSPS) is 10.7. The SMILES string of the molecule is COc1cnc(-c2cccnc2)nc1CC(C)C. The topological polar surface area (TPSA) is 47.9 Å². The first-order chi connectivity index (χ1) is 8.70. The molecule has 0 bridgehead atoms. The zero-order chi connectivity index (χ0) is 13.0. The highest BCUT2D eigenvalue weighted by Crippen LogP contribution is 2.22. The summed E-state index contributed by atoms with van der Waals surface area (Å²) in [4.78, 5) is 13.0. The highest BCUT2D eigenvalue weighted by atomic mass is 16.5. The van der Waals surface area contributed by atoms with E-state index in [1.165, 1.54) is 0 Å². The molecule has 0 amide bonds. The Morgan fingerprint density at radius 3 is 2.72 bits per heavy atom. The molecule has 0 aliphatic rings. The summed E-state index contributed by atoms with van der Waals surface area (Å²) in [5.74, 6) is 1.96. The first kappa shape index (κ1) is 12.5. The van der Waals surface area contributed by atoms with Crippen LogP contribution in [0.4, 0.5) is 0 Å². The van der Waals surface area contributed by atoms with Gasteiger partial charge in [-0.1, -0.05) is 13.8 Å². The van der Waals surface area contributed by atoms with Gasteiger partial charge in [-0.25, -0.2) is 9.97 Å². The first-order valence-electron chi connectivity index (χ1n) is 6.01. The van der Waals surface area contributed by atoms with Crippen molar-refractivity contribution in [3.8, 4) is 17.1 Å². The molecule has 0 unspecified atom stereocenters. The van der Waals surface area contributed by atoms with Crippen molar-refractivity contribution in [3.05, 3.63) is 36.4 Å². The van der Waals surface area contributed by atoms with Crippen LogP contribution >= 0.6 is 0 Å². The van der Waals surface area contributed by atoms with Gasteiger partial charge < -0.3 is 4.74 Å². The fourth-order valence-corrected chi connectivity index (χ4v) is 1.74. The third kappa shape index (κ3) is 2.83. The molecule has 0 aliphatic heterocycles. The summed E-state index contributed by atoms with van der Waals surface area (Å²) in [5.41, 5.74) is 1.87. The van der Waals surface area contributed by atoms with E-state index < -0.39 is 0 Å². The van der Waals surface area contributed by atoms with E-state index >= 15 is 0 Å². The van der Waals surface area contributed by atoms with Crippen LogP contribution in [-0.2, 0) is 6.42 Å². The van der Waals surface area contributed by atoms with Gasteiger partial charge in [-0.3, -0.25) is 4.98 Å². The van der Waals surface area contributed by atoms with Crippen molar-refractivity contribution in [2.75, 3.05) is 7.11 Å². The zero-order valence-electron chi connectivity index (χ0n) is 10.9. The molecule has 2 aromatic heterocycles. The van der Waals surface area contributed by atoms with E-state index in [9.17, 15) is 0 Å². The lowest BCUT2D eigenvalue weighted by Gasteiger charge is -2.10. The zero-order valence-corrected chi connectivity index (χ0v) is 10.9. The van der Waals surface area contributed by atoms with Gasteiger partial charge in [-0.2, -0.15) is 0 Å². The van der Waals surface area contributed by atoms with Crippen molar-refractivity contribution < 1.29 is 4.74 Å². The summed E-state index contributed by atoms with van der Waals surface area (Å²) in [6.45, 7) is 4.32. The number of hydrogen-bond acceptors (Lipinski definition) is 4. The van der Waals surface area contributed by atoms with E-state index in [1.54, 1.807) is 25.7 Å². The highest BCUT2D eigenvalue weighted by molar-refractivity contribution is 5.53. The van der Waals surface area contributed by atoms with Gasteiger partial charge in [-0.15, -0.1) is 0 Å². The number of aromatic nitrogens is 3. The van der Waals surface area contributed by atoms with Gasteiger partial charge in [0, 0.05) is 18.0 Å². The molecule has 2 rings (SSSR count). The molecule has 0 saturated carbocycles. The molecule has 0 aromatic carbocycles. The fourth-order valence-electron chi connectivity index (χ4n) is 1.74. The molecule has 0 atom stereocenters. The third-order valence-electron chi connectivity index (χ3n) is 2.57. The molecule has 0 radical (unpaired) electrons. The maximum Gasteiger partial charge on any atom is 0.161 e. The second kappa shape index (κ2) is 5.58. The van der Waals surface area contributed by atoms with E-state index in [1.807, 2.05) is 12.1 Å². The lowest BCUT2D eigenvalue weighted by molar-refractivity contribution is 0.401. The molecule has 2 heterocycles. The van der Waals surface area contributed by atoms with Crippen molar-refractivity contribution in [3.63, 3.8) is 0 Å². The average Bonchev–Trinajstić information content (AvgIpc) is 2.39. The highest BCUT2D eigenvalue weighted by Gasteiger charge is 2.10. The lowest BCUT2D eigenvalue weighted by Crippen LogP contribution is -2.03. The van der Waals surface area contributed by atoms with E-state index in [0.717, 1.165) is 23.4 Å². The Labute approximate surface area is 107 Å². The number of rotatable bonds is 4. The molecular weight excluding hydrogens is 226 g/mol. The Bertz CT molecular complexity index is 512. The molecule has 0 fully saturated rings. The number of pyridine rings is 1. The van der Waals surface area contributed by atoms with Gasteiger partial charge in [0.05, 0.1) is 19.0 Å². The maximum absolute atomic E-state index is 5.30. The van der Waals surface area contributed by atoms with E-state index in [2.05, 4.69) is 28.8 Å². The molecule has 0 aliphatic carbocycles. The summed E-state index contributed by atoms with van der Waals surface area (Å²) in [6, 6.07) is 3.83. The molecule has 4 nitrogen and oxygen atoms in total. The van der Waals surface area contributed by atoms with Gasteiger partial charge >= 0.3 is 0 Å². The van der Waals surface area contributed by atoms with Gasteiger partial charge in [0.1, 0.15) is 0 Å². The Balaban J connectivity index is 2.39. The van der Waals surface area contributed by atoms with E-state index in [-0.39, 0.29) is 0 Å². The largest absolute Gasteiger partial charge is 0.493 e. The number of ether oxygens (including phenoxy) is 1. The van der Waals surface area contributed by atoms with Crippen LogP contribution in [0.5, 0.6) is 5.75 Å². The van der Waals surface area contributed by atoms with Crippen molar-refractivity contribution in [1.29, 1.82) is 0 Å². The second-order valence-electron chi connectivity index (χ2n) is 4.55. The van der Waals surface area contributed by atoms with Crippen LogP contribution in [0.1, 0.15) is 19.5 Å². The predicted octanol–water partition coefficient (Wildman–Crippen LogP) is 2.75. The second-order valence-corrected chi connectivity index (χ2v) is 4.55. The van der Waals surface area contributed by atoms with Crippen LogP contribution < -0.4 is 4.74 Å². The van der Waals surface area contributed by atoms with Crippen molar-refractivity contribution in [1.82, 2.24) is 15.0 Å². The van der Waals surface area contributed by atoms with Gasteiger partial charge in [0.25, 0.3) is 0 Å². The van der Waals surface area contributed by atoms with Crippen molar-refractivity contribution >= 4 is 0 Å². The lowest BCUT2D eigenvalue weighted by atomic mass is 10.1. The third-order valence-corrected chi connectivity index (χ3v) is 2.57. The summed E-state index contributed by atoms with van der Waals surface area (Å²) >= 11 is 0. The molecule has 2 aromatic rings. The van der Waals surface area contributed by atoms with Crippen molar-refractivity contribution in [2.24, 2.45) is 5.92 Å². The Hall–Kier alpha value is -1.97. The molecule has 0 spiro atoms. The van der Waals surface area contributed by atoms with Crippen molar-refractivity contribution in [2.45, 2.75) is 20.3 Å². The molecule has 0 N–H and O–H groups in total. The quantitative estimate of drug-likeness (QED) is 0.828. The van der Waals surface area contributed by atoms with Crippen LogP contribution in [0.2, 0.25) is 0 Å². The van der Waals surface area contributed by atoms with Gasteiger partial charge in [0.2, 0.25) is 0 Å². The number of hydrogen-bond donors (Lipinski definition) is 0. The minimum Gasteiger partial charge on any atom is -0.493 e. The monoisotopic (exact) mass is 243 g/mol. The number of nitrogens with zero attached hydrogens (tertiary/aromatic N) is 3. The summed E-state index contributed by atoms with van der Waals surface area (Å²) < 4.78 is 5.30. The summed E-state index contributed by atoms with van der Waals surface area (Å²) in [7, 11) is 1.65. The van der Waals surface area contributed by atoms with Crippen LogP contribution in [0, 0.1) is 5.92 Å². The minimum absolute atomic E-state index is 0.524. The Morgan fingerprint density at radius 2 is 2.11 bits per heavy atom. The summed E-state index contributed by atoms with van der Waals surface area (Å²) in [6.07, 6.45) is 6.11.